The highest BCUT2D eigenvalue weighted by Crippen LogP contribution is 2.40. The van der Waals surface area contributed by atoms with Crippen molar-refractivity contribution in [2.75, 3.05) is 19.6 Å². The third-order valence-corrected chi connectivity index (χ3v) is 5.52. The molecule has 0 amide bonds. The highest BCUT2D eigenvalue weighted by atomic mass is 19.2. The second-order valence-corrected chi connectivity index (χ2v) is 7.48. The van der Waals surface area contributed by atoms with E-state index in [2.05, 4.69) is 9.88 Å². The topological polar surface area (TPSA) is 65.8 Å². The molecular formula is C22H28F2N2O3. The monoisotopic (exact) mass is 406 g/mol. The number of rotatable bonds is 5. The van der Waals surface area contributed by atoms with Crippen molar-refractivity contribution in [2.24, 2.45) is 11.8 Å². The molecule has 7 heteroatoms. The number of ether oxygens (including phenoxy) is 1. The lowest BCUT2D eigenvalue weighted by atomic mass is 10.0. The molecule has 2 heterocycles. The predicted octanol–water partition coefficient (Wildman–Crippen LogP) is 3.91. The first kappa shape index (κ1) is 21.5. The van der Waals surface area contributed by atoms with Crippen LogP contribution in [0.15, 0.2) is 36.5 Å². The normalized spacial score (nSPS) is 24.5. The van der Waals surface area contributed by atoms with Crippen LogP contribution in [0.2, 0.25) is 0 Å². The maximum atomic E-state index is 13.3. The summed E-state index contributed by atoms with van der Waals surface area (Å²) in [6.07, 6.45) is 2.38. The summed E-state index contributed by atoms with van der Waals surface area (Å²) in [5, 5.41) is 19.6. The van der Waals surface area contributed by atoms with E-state index in [0.717, 1.165) is 38.1 Å². The lowest BCUT2D eigenvalue weighted by molar-refractivity contribution is 0.113. The van der Waals surface area contributed by atoms with Gasteiger partial charge < -0.3 is 14.9 Å². The van der Waals surface area contributed by atoms with Gasteiger partial charge in [-0.1, -0.05) is 13.8 Å². The molecule has 1 aliphatic carbocycles. The number of β-amino-alcohol motifs (C(OH)–C–C–N with tert-alkyl or cyclic N) is 1. The van der Waals surface area contributed by atoms with Crippen molar-refractivity contribution in [3.63, 3.8) is 0 Å². The number of aliphatic hydroxyl groups is 1. The van der Waals surface area contributed by atoms with Gasteiger partial charge in [0, 0.05) is 25.7 Å². The molecule has 1 saturated heterocycles. The van der Waals surface area contributed by atoms with Crippen molar-refractivity contribution in [3.8, 4) is 11.5 Å². The molecular weight excluding hydrogens is 378 g/mol. The molecule has 0 bridgehead atoms. The molecule has 4 rings (SSSR count). The summed E-state index contributed by atoms with van der Waals surface area (Å²) in [4.78, 5) is 6.29. The number of aromatic nitrogens is 1. The highest BCUT2D eigenvalue weighted by Gasteiger charge is 2.42. The number of halogens is 2. The van der Waals surface area contributed by atoms with Gasteiger partial charge in [-0.2, -0.15) is 0 Å². The molecule has 2 aliphatic rings. The van der Waals surface area contributed by atoms with Gasteiger partial charge in [-0.15, -0.1) is 0 Å². The van der Waals surface area contributed by atoms with Crippen LogP contribution in [0.1, 0.15) is 38.5 Å². The van der Waals surface area contributed by atoms with E-state index in [1.54, 1.807) is 6.07 Å². The van der Waals surface area contributed by atoms with Crippen LogP contribution in [0, 0.1) is 23.5 Å². The van der Waals surface area contributed by atoms with Crippen LogP contribution in [0.25, 0.3) is 0 Å². The van der Waals surface area contributed by atoms with E-state index >= 15 is 0 Å². The van der Waals surface area contributed by atoms with Gasteiger partial charge in [0.2, 0.25) is 0 Å². The Morgan fingerprint density at radius 2 is 1.79 bits per heavy atom. The molecule has 1 aliphatic heterocycles. The van der Waals surface area contributed by atoms with Crippen molar-refractivity contribution in [3.05, 3.63) is 53.9 Å². The molecule has 2 N–H and O–H groups in total. The Morgan fingerprint density at radius 3 is 2.38 bits per heavy atom. The summed E-state index contributed by atoms with van der Waals surface area (Å²) >= 11 is 0. The summed E-state index contributed by atoms with van der Waals surface area (Å²) in [6, 6.07) is 6.78. The van der Waals surface area contributed by atoms with Gasteiger partial charge in [0.15, 0.2) is 11.6 Å². The molecule has 0 spiro atoms. The van der Waals surface area contributed by atoms with Crippen LogP contribution in [0.5, 0.6) is 11.5 Å². The molecule has 158 valence electrons. The van der Waals surface area contributed by atoms with Gasteiger partial charge in [-0.25, -0.2) is 8.78 Å². The average molecular weight is 406 g/mol. The molecule has 3 atom stereocenters. The Bertz CT molecular complexity index is 789. The quantitative estimate of drug-likeness (QED) is 0.788. The molecule has 1 saturated carbocycles. The van der Waals surface area contributed by atoms with Crippen molar-refractivity contribution < 1.29 is 23.7 Å². The summed E-state index contributed by atoms with van der Waals surface area (Å²) < 4.78 is 32.2. The van der Waals surface area contributed by atoms with E-state index in [-0.39, 0.29) is 11.9 Å². The van der Waals surface area contributed by atoms with Gasteiger partial charge in [0.25, 0.3) is 0 Å². The van der Waals surface area contributed by atoms with Crippen molar-refractivity contribution in [1.82, 2.24) is 9.88 Å². The van der Waals surface area contributed by atoms with Crippen LogP contribution >= 0.6 is 0 Å². The van der Waals surface area contributed by atoms with E-state index < -0.39 is 17.7 Å². The van der Waals surface area contributed by atoms with Crippen LogP contribution in [0.3, 0.4) is 0 Å². The standard InChI is InChI=1S/C20H22F2N2O3.C2H6/c21-17-3-2-15(7-18(17)22)27-16-5-12-9-24(10-13(12)6-16)11-20(26)19-4-1-14(25)8-23-19;1-2/h1-4,7-8,12-13,16,20,25-26H,5-6,9-11H2;1-2H3. The Labute approximate surface area is 170 Å². The van der Waals surface area contributed by atoms with Crippen molar-refractivity contribution in [1.29, 1.82) is 0 Å². The molecule has 0 radical (unpaired) electrons. The largest absolute Gasteiger partial charge is 0.506 e. The first-order valence-electron chi connectivity index (χ1n) is 10.1. The Kier molecular flexibility index (Phi) is 7.03. The van der Waals surface area contributed by atoms with Gasteiger partial charge >= 0.3 is 0 Å². The highest BCUT2D eigenvalue weighted by molar-refractivity contribution is 5.24. The number of nitrogens with zero attached hydrogens (tertiary/aromatic N) is 2. The second-order valence-electron chi connectivity index (χ2n) is 7.48. The lowest BCUT2D eigenvalue weighted by Gasteiger charge is -2.22. The fourth-order valence-corrected chi connectivity index (χ4v) is 4.26. The molecule has 3 unspecified atom stereocenters. The third-order valence-electron chi connectivity index (χ3n) is 5.52. The number of aromatic hydroxyl groups is 1. The maximum absolute atomic E-state index is 13.3. The van der Waals surface area contributed by atoms with Crippen LogP contribution in [-0.4, -0.2) is 45.8 Å². The summed E-state index contributed by atoms with van der Waals surface area (Å²) in [6.45, 7) is 6.24. The smallest absolute Gasteiger partial charge is 0.162 e. The number of fused-ring (bicyclic) bond motifs is 1. The van der Waals surface area contributed by atoms with Gasteiger partial charge in [0.05, 0.1) is 18.0 Å². The molecule has 29 heavy (non-hydrogen) atoms. The van der Waals surface area contributed by atoms with Crippen molar-refractivity contribution in [2.45, 2.75) is 38.9 Å². The van der Waals surface area contributed by atoms with Gasteiger partial charge in [0.1, 0.15) is 17.6 Å². The van der Waals surface area contributed by atoms with Gasteiger partial charge in [-0.05, 0) is 48.9 Å². The lowest BCUT2D eigenvalue weighted by Crippen LogP contribution is -2.29. The number of aliphatic hydroxyl groups excluding tert-OH is 1. The molecule has 1 aromatic carbocycles. The molecule has 2 aromatic rings. The van der Waals surface area contributed by atoms with Crippen LogP contribution in [-0.2, 0) is 0 Å². The minimum atomic E-state index is -0.895. The van der Waals surface area contributed by atoms with Gasteiger partial charge in [-0.3, -0.25) is 9.88 Å². The number of benzene rings is 1. The first-order valence-corrected chi connectivity index (χ1v) is 10.1. The van der Waals surface area contributed by atoms with E-state index in [1.165, 1.54) is 18.3 Å². The van der Waals surface area contributed by atoms with E-state index in [4.69, 9.17) is 4.74 Å². The number of likely N-dealkylation sites (tertiary alicyclic amines) is 1. The van der Waals surface area contributed by atoms with E-state index in [1.807, 2.05) is 13.8 Å². The zero-order valence-electron chi connectivity index (χ0n) is 16.8. The van der Waals surface area contributed by atoms with Crippen LogP contribution in [0.4, 0.5) is 8.78 Å². The van der Waals surface area contributed by atoms with E-state index in [9.17, 15) is 19.0 Å². The number of pyridine rings is 1. The van der Waals surface area contributed by atoms with Crippen molar-refractivity contribution >= 4 is 0 Å². The minimum absolute atomic E-state index is 0.00991. The number of hydrogen-bond acceptors (Lipinski definition) is 5. The third kappa shape index (κ3) is 5.22. The summed E-state index contributed by atoms with van der Waals surface area (Å²) in [5.74, 6) is -0.379. The zero-order chi connectivity index (χ0) is 21.0. The molecule has 1 aromatic heterocycles. The molecule has 5 nitrogen and oxygen atoms in total. The summed E-state index contributed by atoms with van der Waals surface area (Å²) in [7, 11) is 0. The number of hydrogen-bond donors (Lipinski definition) is 2. The fraction of sp³-hybridized carbons (Fsp3) is 0.500. The minimum Gasteiger partial charge on any atom is -0.506 e. The SMILES string of the molecule is CC.Oc1ccc(C(O)CN2CC3CC(Oc4ccc(F)c(F)c4)CC3C2)nc1. The Hall–Kier alpha value is -2.25. The zero-order valence-corrected chi connectivity index (χ0v) is 16.8. The Morgan fingerprint density at radius 1 is 1.10 bits per heavy atom. The van der Waals surface area contributed by atoms with Crippen LogP contribution < -0.4 is 4.74 Å². The van der Waals surface area contributed by atoms with E-state index in [0.29, 0.717) is 29.8 Å². The second kappa shape index (κ2) is 9.50. The summed E-state index contributed by atoms with van der Waals surface area (Å²) in [5.41, 5.74) is 0.546. The Balaban J connectivity index is 0.00000117. The average Bonchev–Trinajstić information content (AvgIpc) is 3.24. The fourth-order valence-electron chi connectivity index (χ4n) is 4.26. The molecule has 2 fully saturated rings. The maximum Gasteiger partial charge on any atom is 0.162 e. The predicted molar refractivity (Wildman–Crippen MR) is 106 cm³/mol. The first-order chi connectivity index (χ1) is 14.0.